The number of hydrogen-bond acceptors (Lipinski definition) is 4. The van der Waals surface area contributed by atoms with Gasteiger partial charge >= 0.3 is 0 Å². The third kappa shape index (κ3) is 4.99. The molecular formula is C22H33Cl2FN2O4. The Morgan fingerprint density at radius 3 is 2.45 bits per heavy atom. The molecule has 0 radical (unpaired) electrons. The highest BCUT2D eigenvalue weighted by atomic mass is 35.5. The summed E-state index contributed by atoms with van der Waals surface area (Å²) in [5, 5.41) is 5.68. The molecule has 0 aromatic carbocycles. The fourth-order valence-corrected chi connectivity index (χ4v) is 6.63. The molecule has 31 heavy (non-hydrogen) atoms. The number of methoxy groups -OCH3 is 1. The van der Waals surface area contributed by atoms with Gasteiger partial charge in [0.25, 0.3) is 0 Å². The van der Waals surface area contributed by atoms with Gasteiger partial charge in [0.2, 0.25) is 11.8 Å². The Bertz CT molecular complexity index is 677. The van der Waals surface area contributed by atoms with Gasteiger partial charge in [-0.05, 0) is 57.3 Å². The monoisotopic (exact) mass is 478 g/mol. The summed E-state index contributed by atoms with van der Waals surface area (Å²) in [5.41, 5.74) is -0.607. The van der Waals surface area contributed by atoms with Crippen LogP contribution in [-0.2, 0) is 19.1 Å². The van der Waals surface area contributed by atoms with Crippen molar-refractivity contribution in [2.75, 3.05) is 20.3 Å². The van der Waals surface area contributed by atoms with E-state index in [1.54, 1.807) is 7.11 Å². The maximum atomic E-state index is 13.7. The molecule has 5 rings (SSSR count). The first-order valence-electron chi connectivity index (χ1n) is 11.4. The lowest BCUT2D eigenvalue weighted by atomic mass is 9.39. The summed E-state index contributed by atoms with van der Waals surface area (Å²) in [7, 11) is 1.69. The SMILES string of the molecule is COC1CCC(CNC(=O)C23CC(NC(=O)COC4CCC(Cl)C(F)C4)(C2)C3)CC1Cl. The summed E-state index contributed by atoms with van der Waals surface area (Å²) in [4.78, 5) is 25.0. The van der Waals surface area contributed by atoms with Crippen molar-refractivity contribution in [3.05, 3.63) is 0 Å². The number of nitrogens with one attached hydrogen (secondary N) is 2. The predicted molar refractivity (Wildman–Crippen MR) is 116 cm³/mol. The maximum absolute atomic E-state index is 13.7. The number of amides is 2. The quantitative estimate of drug-likeness (QED) is 0.525. The van der Waals surface area contributed by atoms with E-state index in [4.69, 9.17) is 32.7 Å². The Morgan fingerprint density at radius 1 is 1.06 bits per heavy atom. The highest BCUT2D eigenvalue weighted by Crippen LogP contribution is 2.67. The first kappa shape index (κ1) is 23.5. The molecule has 6 atom stereocenters. The molecular weight excluding hydrogens is 446 g/mol. The molecule has 5 saturated carbocycles. The van der Waals surface area contributed by atoms with Crippen molar-refractivity contribution in [2.24, 2.45) is 11.3 Å². The van der Waals surface area contributed by atoms with Gasteiger partial charge in [-0.3, -0.25) is 9.59 Å². The van der Waals surface area contributed by atoms with Crippen molar-refractivity contribution in [3.8, 4) is 0 Å². The summed E-state index contributed by atoms with van der Waals surface area (Å²) in [6.07, 6.45) is 5.06. The Labute approximate surface area is 193 Å². The standard InChI is InChI=1S/C22H33Cl2FN2O4/c1-30-18-5-2-13(6-16(18)24)8-26-20(29)21-10-22(11-21,12-21)27-19(28)9-31-14-3-4-15(23)17(25)7-14/h13-18H,2-12H2,1H3,(H,26,29)(H,27,28). The van der Waals surface area contributed by atoms with E-state index in [0.29, 0.717) is 44.6 Å². The third-order valence-electron chi connectivity index (χ3n) is 7.69. The molecule has 9 heteroatoms. The molecule has 5 fully saturated rings. The van der Waals surface area contributed by atoms with Crippen molar-refractivity contribution < 1.29 is 23.5 Å². The van der Waals surface area contributed by atoms with E-state index in [-0.39, 0.29) is 53.4 Å². The molecule has 176 valence electrons. The molecule has 6 unspecified atom stereocenters. The topological polar surface area (TPSA) is 76.7 Å². The summed E-state index contributed by atoms with van der Waals surface area (Å²) in [5.74, 6) is 0.278. The van der Waals surface area contributed by atoms with E-state index < -0.39 is 11.5 Å². The van der Waals surface area contributed by atoms with Crippen LogP contribution in [0.1, 0.15) is 57.8 Å². The van der Waals surface area contributed by atoms with Gasteiger partial charge in [0.15, 0.2) is 0 Å². The minimum absolute atomic E-state index is 0.00272. The maximum Gasteiger partial charge on any atom is 0.246 e. The van der Waals surface area contributed by atoms with E-state index >= 15 is 0 Å². The molecule has 0 spiro atoms. The van der Waals surface area contributed by atoms with E-state index in [2.05, 4.69) is 10.6 Å². The third-order valence-corrected chi connectivity index (χ3v) is 8.64. The van der Waals surface area contributed by atoms with Gasteiger partial charge in [0.05, 0.1) is 28.4 Å². The number of alkyl halides is 3. The minimum atomic E-state index is -1.08. The minimum Gasteiger partial charge on any atom is -0.380 e. The summed E-state index contributed by atoms with van der Waals surface area (Å²) in [6, 6.07) is 0. The van der Waals surface area contributed by atoms with E-state index in [9.17, 15) is 14.0 Å². The molecule has 0 aromatic heterocycles. The lowest BCUT2D eigenvalue weighted by Gasteiger charge is -2.69. The number of hydrogen-bond donors (Lipinski definition) is 2. The Hall–Kier alpha value is -0.630. The number of halogens is 3. The highest BCUT2D eigenvalue weighted by Gasteiger charge is 2.72. The van der Waals surface area contributed by atoms with E-state index in [1.807, 2.05) is 0 Å². The Kier molecular flexibility index (Phi) is 7.07. The summed E-state index contributed by atoms with van der Waals surface area (Å²) in [6.45, 7) is 0.572. The van der Waals surface area contributed by atoms with Crippen molar-refractivity contribution in [3.63, 3.8) is 0 Å². The Morgan fingerprint density at radius 2 is 1.81 bits per heavy atom. The lowest BCUT2D eigenvalue weighted by Crippen LogP contribution is -2.78. The predicted octanol–water partition coefficient (Wildman–Crippen LogP) is 3.08. The van der Waals surface area contributed by atoms with Crippen LogP contribution in [0, 0.1) is 11.3 Å². The fourth-order valence-electron chi connectivity index (χ4n) is 5.93. The molecule has 0 aromatic rings. The molecule has 6 nitrogen and oxygen atoms in total. The van der Waals surface area contributed by atoms with Gasteiger partial charge in [-0.1, -0.05) is 0 Å². The van der Waals surface area contributed by atoms with Gasteiger partial charge in [-0.2, -0.15) is 0 Å². The zero-order valence-electron chi connectivity index (χ0n) is 18.0. The molecule has 2 N–H and O–H groups in total. The zero-order chi connectivity index (χ0) is 22.2. The molecule has 2 bridgehead atoms. The smallest absolute Gasteiger partial charge is 0.246 e. The van der Waals surface area contributed by atoms with Crippen molar-refractivity contribution in [1.82, 2.24) is 10.6 Å². The zero-order valence-corrected chi connectivity index (χ0v) is 19.5. The second-order valence-corrected chi connectivity index (χ2v) is 11.2. The second kappa shape index (κ2) is 9.32. The van der Waals surface area contributed by atoms with Crippen molar-refractivity contribution in [1.29, 1.82) is 0 Å². The average Bonchev–Trinajstić information content (AvgIpc) is 2.68. The normalized spacial score (nSPS) is 44.0. The molecule has 5 aliphatic rings. The highest BCUT2D eigenvalue weighted by molar-refractivity contribution is 6.21. The van der Waals surface area contributed by atoms with Crippen molar-refractivity contribution >= 4 is 35.0 Å². The van der Waals surface area contributed by atoms with Gasteiger partial charge in [-0.15, -0.1) is 23.2 Å². The fraction of sp³-hybridized carbons (Fsp3) is 0.909. The first-order chi connectivity index (χ1) is 14.7. The summed E-state index contributed by atoms with van der Waals surface area (Å²) >= 11 is 12.3. The first-order valence-corrected chi connectivity index (χ1v) is 12.3. The van der Waals surface area contributed by atoms with Crippen LogP contribution in [0.15, 0.2) is 0 Å². The molecule has 0 saturated heterocycles. The van der Waals surface area contributed by atoms with E-state index in [0.717, 1.165) is 19.3 Å². The van der Waals surface area contributed by atoms with Crippen molar-refractivity contribution in [2.45, 2.75) is 92.5 Å². The summed E-state index contributed by atoms with van der Waals surface area (Å²) < 4.78 is 24.7. The van der Waals surface area contributed by atoms with Crippen LogP contribution in [0.5, 0.6) is 0 Å². The number of carbonyl (C=O) groups excluding carboxylic acids is 2. The van der Waals surface area contributed by atoms with Gasteiger partial charge in [0, 0.05) is 25.6 Å². The average molecular weight is 479 g/mol. The van der Waals surface area contributed by atoms with Crippen LogP contribution in [0.2, 0.25) is 0 Å². The van der Waals surface area contributed by atoms with Crippen LogP contribution in [0.4, 0.5) is 4.39 Å². The van der Waals surface area contributed by atoms with E-state index in [1.165, 1.54) is 0 Å². The molecule has 0 heterocycles. The van der Waals surface area contributed by atoms with Gasteiger partial charge < -0.3 is 20.1 Å². The molecule has 2 amide bonds. The van der Waals surface area contributed by atoms with Crippen LogP contribution in [0.3, 0.4) is 0 Å². The number of ether oxygens (including phenoxy) is 2. The van der Waals surface area contributed by atoms with Crippen LogP contribution in [-0.4, -0.2) is 66.7 Å². The molecule has 0 aliphatic heterocycles. The molecule has 5 aliphatic carbocycles. The number of carbonyl (C=O) groups is 2. The van der Waals surface area contributed by atoms with Crippen LogP contribution < -0.4 is 10.6 Å². The van der Waals surface area contributed by atoms with Crippen LogP contribution >= 0.6 is 23.2 Å². The van der Waals surface area contributed by atoms with Gasteiger partial charge in [0.1, 0.15) is 12.8 Å². The largest absolute Gasteiger partial charge is 0.380 e. The second-order valence-electron chi connectivity index (χ2n) is 10.1. The Balaban J connectivity index is 1.13. The van der Waals surface area contributed by atoms with Gasteiger partial charge in [-0.25, -0.2) is 4.39 Å². The lowest BCUT2D eigenvalue weighted by molar-refractivity contribution is -0.185. The number of rotatable bonds is 8. The van der Waals surface area contributed by atoms with Crippen LogP contribution in [0.25, 0.3) is 0 Å².